The maximum Gasteiger partial charge on any atom is 0.119 e. The Morgan fingerprint density at radius 2 is 1.62 bits per heavy atom. The van der Waals surface area contributed by atoms with E-state index in [0.717, 1.165) is 18.0 Å². The van der Waals surface area contributed by atoms with Crippen LogP contribution in [-0.2, 0) is 13.2 Å². The lowest BCUT2D eigenvalue weighted by atomic mass is 10.1. The first kappa shape index (κ1) is 15.9. The molecule has 0 atom stereocenters. The van der Waals surface area contributed by atoms with Gasteiger partial charge < -0.3 is 15.2 Å². The number of phenols is 1. The third kappa shape index (κ3) is 4.53. The highest BCUT2D eigenvalue weighted by Crippen LogP contribution is 2.17. The Labute approximate surface area is 142 Å². The molecule has 0 saturated carbocycles. The van der Waals surface area contributed by atoms with E-state index in [0.29, 0.717) is 6.61 Å². The van der Waals surface area contributed by atoms with Crippen molar-refractivity contribution >= 4 is 5.69 Å². The van der Waals surface area contributed by atoms with E-state index >= 15 is 0 Å². The van der Waals surface area contributed by atoms with Gasteiger partial charge in [-0.3, -0.25) is 0 Å². The molecule has 0 radical (unpaired) electrons. The summed E-state index contributed by atoms with van der Waals surface area (Å²) < 4.78 is 5.83. The molecule has 0 aliphatic heterocycles. The van der Waals surface area contributed by atoms with E-state index in [9.17, 15) is 5.11 Å². The lowest BCUT2D eigenvalue weighted by Gasteiger charge is -2.09. The third-order valence-electron chi connectivity index (χ3n) is 3.78. The van der Waals surface area contributed by atoms with Gasteiger partial charge in [0.25, 0.3) is 0 Å². The standard InChI is InChI=1S/C21H21NO2/c1-16-3-2-4-18(13-16)15-24-21-11-5-17(6-12-21)14-22-19-7-9-20(23)10-8-19/h2-13,22-23H,14-15H2,1H3. The zero-order chi connectivity index (χ0) is 16.8. The molecule has 3 nitrogen and oxygen atoms in total. The highest BCUT2D eigenvalue weighted by atomic mass is 16.5. The minimum Gasteiger partial charge on any atom is -0.508 e. The van der Waals surface area contributed by atoms with E-state index < -0.39 is 0 Å². The molecule has 3 aromatic rings. The summed E-state index contributed by atoms with van der Waals surface area (Å²) in [6.45, 7) is 3.38. The fourth-order valence-electron chi connectivity index (χ4n) is 2.46. The van der Waals surface area contributed by atoms with Crippen molar-refractivity contribution in [2.75, 3.05) is 5.32 Å². The number of aryl methyl sites for hydroxylation is 1. The van der Waals surface area contributed by atoms with E-state index in [2.05, 4.69) is 42.6 Å². The predicted octanol–water partition coefficient (Wildman–Crippen LogP) is 4.89. The number of ether oxygens (including phenoxy) is 1. The van der Waals surface area contributed by atoms with Crippen molar-refractivity contribution in [2.45, 2.75) is 20.1 Å². The SMILES string of the molecule is Cc1cccc(COc2ccc(CNc3ccc(O)cc3)cc2)c1. The summed E-state index contributed by atoms with van der Waals surface area (Å²) in [5.74, 6) is 1.14. The van der Waals surface area contributed by atoms with Crippen molar-refractivity contribution in [1.82, 2.24) is 0 Å². The fourth-order valence-corrected chi connectivity index (χ4v) is 2.46. The first-order valence-electron chi connectivity index (χ1n) is 7.99. The van der Waals surface area contributed by atoms with Gasteiger partial charge in [-0.1, -0.05) is 42.0 Å². The molecule has 3 rings (SSSR count). The first-order valence-corrected chi connectivity index (χ1v) is 7.99. The van der Waals surface area contributed by atoms with E-state index in [4.69, 9.17) is 4.74 Å². The molecule has 0 spiro atoms. The van der Waals surface area contributed by atoms with Crippen LogP contribution in [0.15, 0.2) is 72.8 Å². The average Bonchev–Trinajstić information content (AvgIpc) is 2.60. The quantitative estimate of drug-likeness (QED) is 0.636. The maximum absolute atomic E-state index is 9.28. The molecular formula is C21H21NO2. The van der Waals surface area contributed by atoms with Crippen molar-refractivity contribution < 1.29 is 9.84 Å². The molecule has 0 aliphatic carbocycles. The van der Waals surface area contributed by atoms with E-state index in [1.807, 2.05) is 30.3 Å². The van der Waals surface area contributed by atoms with Crippen LogP contribution in [0.5, 0.6) is 11.5 Å². The van der Waals surface area contributed by atoms with E-state index in [-0.39, 0.29) is 5.75 Å². The highest BCUT2D eigenvalue weighted by Gasteiger charge is 1.99. The molecule has 3 aromatic carbocycles. The van der Waals surface area contributed by atoms with Gasteiger partial charge in [-0.2, -0.15) is 0 Å². The second-order valence-corrected chi connectivity index (χ2v) is 5.82. The van der Waals surface area contributed by atoms with Crippen molar-refractivity contribution in [3.8, 4) is 11.5 Å². The van der Waals surface area contributed by atoms with Gasteiger partial charge in [0.1, 0.15) is 18.1 Å². The number of benzene rings is 3. The number of phenolic OH excluding ortho intramolecular Hbond substituents is 1. The number of hydrogen-bond donors (Lipinski definition) is 2. The molecule has 2 N–H and O–H groups in total. The summed E-state index contributed by atoms with van der Waals surface area (Å²) in [5.41, 5.74) is 4.57. The summed E-state index contributed by atoms with van der Waals surface area (Å²) in [6.07, 6.45) is 0. The highest BCUT2D eigenvalue weighted by molar-refractivity contribution is 5.46. The summed E-state index contributed by atoms with van der Waals surface area (Å²) in [6, 6.07) is 23.5. The Morgan fingerprint density at radius 3 is 2.33 bits per heavy atom. The number of nitrogens with one attached hydrogen (secondary N) is 1. The zero-order valence-corrected chi connectivity index (χ0v) is 13.7. The molecule has 3 heteroatoms. The molecule has 0 heterocycles. The number of aromatic hydroxyl groups is 1. The molecule has 0 fully saturated rings. The Bertz CT molecular complexity index is 780. The molecular weight excluding hydrogens is 298 g/mol. The first-order chi connectivity index (χ1) is 11.7. The summed E-state index contributed by atoms with van der Waals surface area (Å²) in [4.78, 5) is 0. The van der Waals surface area contributed by atoms with Gasteiger partial charge in [-0.25, -0.2) is 0 Å². The van der Waals surface area contributed by atoms with Crippen molar-refractivity contribution in [3.63, 3.8) is 0 Å². The molecule has 0 bridgehead atoms. The Balaban J connectivity index is 1.52. The van der Waals surface area contributed by atoms with Gasteiger partial charge >= 0.3 is 0 Å². The smallest absolute Gasteiger partial charge is 0.119 e. The molecule has 24 heavy (non-hydrogen) atoms. The van der Waals surface area contributed by atoms with Crippen molar-refractivity contribution in [1.29, 1.82) is 0 Å². The van der Waals surface area contributed by atoms with Crippen LogP contribution in [0, 0.1) is 6.92 Å². The Morgan fingerprint density at radius 1 is 0.875 bits per heavy atom. The van der Waals surface area contributed by atoms with Gasteiger partial charge in [-0.05, 0) is 54.4 Å². The molecule has 0 aliphatic rings. The van der Waals surface area contributed by atoms with Crippen LogP contribution in [0.2, 0.25) is 0 Å². The largest absolute Gasteiger partial charge is 0.508 e. The lowest BCUT2D eigenvalue weighted by molar-refractivity contribution is 0.306. The predicted molar refractivity (Wildman–Crippen MR) is 97.4 cm³/mol. The number of anilines is 1. The lowest BCUT2D eigenvalue weighted by Crippen LogP contribution is -1.99. The fraction of sp³-hybridized carbons (Fsp3) is 0.143. The second-order valence-electron chi connectivity index (χ2n) is 5.82. The summed E-state index contributed by atoms with van der Waals surface area (Å²) >= 11 is 0. The van der Waals surface area contributed by atoms with Crippen LogP contribution >= 0.6 is 0 Å². The molecule has 0 saturated heterocycles. The molecule has 0 unspecified atom stereocenters. The Kier molecular flexibility index (Phi) is 5.02. The van der Waals surface area contributed by atoms with Crippen LogP contribution < -0.4 is 10.1 Å². The minimum absolute atomic E-state index is 0.274. The maximum atomic E-state index is 9.28. The summed E-state index contributed by atoms with van der Waals surface area (Å²) in [7, 11) is 0. The summed E-state index contributed by atoms with van der Waals surface area (Å²) in [5, 5.41) is 12.6. The number of hydrogen-bond acceptors (Lipinski definition) is 3. The average molecular weight is 319 g/mol. The van der Waals surface area contributed by atoms with Gasteiger partial charge in [-0.15, -0.1) is 0 Å². The Hall–Kier alpha value is -2.94. The van der Waals surface area contributed by atoms with Crippen molar-refractivity contribution in [2.24, 2.45) is 0 Å². The van der Waals surface area contributed by atoms with Gasteiger partial charge in [0, 0.05) is 12.2 Å². The van der Waals surface area contributed by atoms with Gasteiger partial charge in [0.2, 0.25) is 0 Å². The third-order valence-corrected chi connectivity index (χ3v) is 3.78. The van der Waals surface area contributed by atoms with Gasteiger partial charge in [0.15, 0.2) is 0 Å². The van der Waals surface area contributed by atoms with Gasteiger partial charge in [0.05, 0.1) is 0 Å². The molecule has 0 amide bonds. The van der Waals surface area contributed by atoms with E-state index in [1.165, 1.54) is 16.7 Å². The molecule has 122 valence electrons. The van der Waals surface area contributed by atoms with Crippen LogP contribution in [-0.4, -0.2) is 5.11 Å². The van der Waals surface area contributed by atoms with Crippen molar-refractivity contribution in [3.05, 3.63) is 89.5 Å². The monoisotopic (exact) mass is 319 g/mol. The zero-order valence-electron chi connectivity index (χ0n) is 13.7. The molecule has 0 aromatic heterocycles. The van der Waals surface area contributed by atoms with Crippen LogP contribution in [0.25, 0.3) is 0 Å². The second kappa shape index (κ2) is 7.55. The van der Waals surface area contributed by atoms with Crippen LogP contribution in [0.4, 0.5) is 5.69 Å². The minimum atomic E-state index is 0.274. The topological polar surface area (TPSA) is 41.5 Å². The normalized spacial score (nSPS) is 10.4. The number of rotatable bonds is 6. The van der Waals surface area contributed by atoms with E-state index in [1.54, 1.807) is 12.1 Å². The van der Waals surface area contributed by atoms with Crippen LogP contribution in [0.3, 0.4) is 0 Å². The van der Waals surface area contributed by atoms with Crippen LogP contribution in [0.1, 0.15) is 16.7 Å².